The summed E-state index contributed by atoms with van der Waals surface area (Å²) in [4.78, 5) is 46.2. The first-order valence-corrected chi connectivity index (χ1v) is 10.0. The van der Waals surface area contributed by atoms with Gasteiger partial charge in [-0.3, -0.25) is 14.6 Å². The number of carboxylic acid groups (broad SMARTS) is 1. The summed E-state index contributed by atoms with van der Waals surface area (Å²) in [5, 5.41) is 11.8. The lowest BCUT2D eigenvalue weighted by molar-refractivity contribution is -0.140. The molecule has 8 heteroatoms. The first kappa shape index (κ1) is 23.0. The molecule has 0 saturated heterocycles. The zero-order valence-electron chi connectivity index (χ0n) is 17.5. The van der Waals surface area contributed by atoms with Crippen molar-refractivity contribution in [1.29, 1.82) is 0 Å². The normalized spacial score (nSPS) is 11.7. The third kappa shape index (κ3) is 6.37. The maximum Gasteiger partial charge on any atom is 0.326 e. The van der Waals surface area contributed by atoms with Crippen molar-refractivity contribution in [2.75, 3.05) is 6.54 Å². The monoisotopic (exact) mass is 412 g/mol. The Kier molecular flexibility index (Phi) is 8.46. The fourth-order valence-electron chi connectivity index (χ4n) is 2.89. The number of aliphatic carboxylic acids is 1. The molecule has 8 nitrogen and oxygen atoms in total. The number of aromatic nitrogens is 2. The first-order chi connectivity index (χ1) is 14.3. The van der Waals surface area contributed by atoms with E-state index in [-0.39, 0.29) is 17.5 Å². The third-order valence-corrected chi connectivity index (χ3v) is 4.66. The van der Waals surface area contributed by atoms with Crippen LogP contribution in [0.2, 0.25) is 0 Å². The van der Waals surface area contributed by atoms with Gasteiger partial charge in [0.05, 0.1) is 6.20 Å². The van der Waals surface area contributed by atoms with Crippen molar-refractivity contribution in [1.82, 2.24) is 20.2 Å². The molecule has 2 amide bonds. The summed E-state index contributed by atoms with van der Waals surface area (Å²) in [5.74, 6) is -1.94. The maximum atomic E-state index is 12.8. The Morgan fingerprint density at radius 2 is 1.83 bits per heavy atom. The molecule has 0 bridgehead atoms. The predicted molar refractivity (Wildman–Crippen MR) is 112 cm³/mol. The summed E-state index contributed by atoms with van der Waals surface area (Å²) < 4.78 is 0. The standard InChI is InChI=1S/C22H28N4O4/c1-4-5-12-26(21(28)18-13-23-10-11-24-18)14-16-6-8-17(9-7-16)20(27)25-19(15(2)3)22(29)30/h6-11,13,15,19H,4-5,12,14H2,1-3H3,(H,25,27)(H,29,30)/t19-/m0/s1. The Labute approximate surface area is 176 Å². The van der Waals surface area contributed by atoms with Crippen molar-refractivity contribution in [3.63, 3.8) is 0 Å². The number of amides is 2. The van der Waals surface area contributed by atoms with Gasteiger partial charge in [0.1, 0.15) is 11.7 Å². The van der Waals surface area contributed by atoms with Gasteiger partial charge in [0.25, 0.3) is 11.8 Å². The number of benzene rings is 1. The number of carbonyl (C=O) groups is 3. The van der Waals surface area contributed by atoms with Crippen LogP contribution in [-0.4, -0.2) is 50.3 Å². The van der Waals surface area contributed by atoms with E-state index in [9.17, 15) is 19.5 Å². The van der Waals surface area contributed by atoms with Crippen LogP contribution in [0.25, 0.3) is 0 Å². The van der Waals surface area contributed by atoms with Gasteiger partial charge in [-0.2, -0.15) is 0 Å². The van der Waals surface area contributed by atoms with Gasteiger partial charge in [0.2, 0.25) is 0 Å². The van der Waals surface area contributed by atoms with E-state index in [4.69, 9.17) is 0 Å². The SMILES string of the molecule is CCCCN(Cc1ccc(C(=O)N[C@H](C(=O)O)C(C)C)cc1)C(=O)c1cnccn1. The second kappa shape index (κ2) is 11.0. The van der Waals surface area contributed by atoms with E-state index in [1.807, 2.05) is 0 Å². The highest BCUT2D eigenvalue weighted by Gasteiger charge is 2.24. The van der Waals surface area contributed by atoms with Gasteiger partial charge >= 0.3 is 5.97 Å². The average Bonchev–Trinajstić information content (AvgIpc) is 2.74. The van der Waals surface area contributed by atoms with Crippen LogP contribution in [-0.2, 0) is 11.3 Å². The minimum absolute atomic E-state index is 0.195. The van der Waals surface area contributed by atoms with Crippen molar-refractivity contribution in [2.24, 2.45) is 5.92 Å². The van der Waals surface area contributed by atoms with Crippen molar-refractivity contribution < 1.29 is 19.5 Å². The molecule has 0 aliphatic rings. The quantitative estimate of drug-likeness (QED) is 0.620. The van der Waals surface area contributed by atoms with Crippen LogP contribution in [0.5, 0.6) is 0 Å². The molecule has 2 aromatic rings. The van der Waals surface area contributed by atoms with Gasteiger partial charge in [-0.25, -0.2) is 9.78 Å². The summed E-state index contributed by atoms with van der Waals surface area (Å²) in [6.07, 6.45) is 6.26. The Morgan fingerprint density at radius 3 is 2.37 bits per heavy atom. The number of hydrogen-bond donors (Lipinski definition) is 2. The number of nitrogens with zero attached hydrogens (tertiary/aromatic N) is 3. The highest BCUT2D eigenvalue weighted by molar-refractivity contribution is 5.96. The van der Waals surface area contributed by atoms with E-state index in [1.165, 1.54) is 18.6 Å². The number of hydrogen-bond acceptors (Lipinski definition) is 5. The van der Waals surface area contributed by atoms with Crippen LogP contribution in [0.15, 0.2) is 42.9 Å². The fraction of sp³-hybridized carbons (Fsp3) is 0.409. The van der Waals surface area contributed by atoms with E-state index < -0.39 is 17.9 Å². The van der Waals surface area contributed by atoms with Crippen molar-refractivity contribution in [3.05, 3.63) is 59.7 Å². The molecule has 0 fully saturated rings. The molecule has 160 valence electrons. The molecule has 0 aliphatic heterocycles. The molecule has 2 N–H and O–H groups in total. The van der Waals surface area contributed by atoms with Crippen LogP contribution >= 0.6 is 0 Å². The van der Waals surface area contributed by atoms with Crippen LogP contribution < -0.4 is 5.32 Å². The minimum atomic E-state index is -1.07. The van der Waals surface area contributed by atoms with Crippen LogP contribution in [0, 0.1) is 5.92 Å². The molecule has 2 rings (SSSR count). The number of carbonyl (C=O) groups excluding carboxylic acids is 2. The van der Waals surface area contributed by atoms with Crippen molar-refractivity contribution >= 4 is 17.8 Å². The molecule has 1 aromatic carbocycles. The van der Waals surface area contributed by atoms with Crippen molar-refractivity contribution in [2.45, 2.75) is 46.2 Å². The zero-order valence-corrected chi connectivity index (χ0v) is 17.5. The average molecular weight is 412 g/mol. The summed E-state index contributed by atoms with van der Waals surface area (Å²) in [6, 6.07) is 5.85. The maximum absolute atomic E-state index is 12.8. The Hall–Kier alpha value is -3.29. The van der Waals surface area contributed by atoms with Gasteiger partial charge in [-0.1, -0.05) is 39.3 Å². The highest BCUT2D eigenvalue weighted by Crippen LogP contribution is 2.12. The molecule has 1 atom stereocenters. The van der Waals surface area contributed by atoms with Crippen LogP contribution in [0.4, 0.5) is 0 Å². The number of rotatable bonds is 10. The van der Waals surface area contributed by atoms with E-state index in [0.717, 1.165) is 18.4 Å². The van der Waals surface area contributed by atoms with Crippen molar-refractivity contribution in [3.8, 4) is 0 Å². The van der Waals surface area contributed by atoms with Gasteiger partial charge < -0.3 is 15.3 Å². The molecular formula is C22H28N4O4. The molecule has 0 spiro atoms. The summed E-state index contributed by atoms with van der Waals surface area (Å²) in [5.41, 5.74) is 1.52. The van der Waals surface area contributed by atoms with Crippen LogP contribution in [0.3, 0.4) is 0 Å². The summed E-state index contributed by atoms with van der Waals surface area (Å²) in [7, 11) is 0. The van der Waals surface area contributed by atoms with E-state index in [2.05, 4.69) is 22.2 Å². The van der Waals surface area contributed by atoms with Gasteiger partial charge in [-0.15, -0.1) is 0 Å². The number of nitrogens with one attached hydrogen (secondary N) is 1. The lowest BCUT2D eigenvalue weighted by Gasteiger charge is -2.22. The Bertz CT molecular complexity index is 853. The molecule has 30 heavy (non-hydrogen) atoms. The summed E-state index contributed by atoms with van der Waals surface area (Å²) >= 11 is 0. The second-order valence-electron chi connectivity index (χ2n) is 7.40. The number of unbranched alkanes of at least 4 members (excludes halogenated alkanes) is 1. The Balaban J connectivity index is 2.10. The molecule has 0 unspecified atom stereocenters. The molecule has 0 radical (unpaired) electrons. The molecule has 0 saturated carbocycles. The second-order valence-corrected chi connectivity index (χ2v) is 7.40. The lowest BCUT2D eigenvalue weighted by Crippen LogP contribution is -2.44. The molecular weight excluding hydrogens is 384 g/mol. The Morgan fingerprint density at radius 1 is 1.13 bits per heavy atom. The molecule has 1 heterocycles. The van der Waals surface area contributed by atoms with E-state index in [1.54, 1.807) is 43.0 Å². The predicted octanol–water partition coefficient (Wildman–Crippen LogP) is 2.76. The smallest absolute Gasteiger partial charge is 0.326 e. The first-order valence-electron chi connectivity index (χ1n) is 10.0. The van der Waals surface area contributed by atoms with E-state index in [0.29, 0.717) is 18.7 Å². The van der Waals surface area contributed by atoms with Gasteiger partial charge in [0.15, 0.2) is 0 Å². The fourth-order valence-corrected chi connectivity index (χ4v) is 2.89. The van der Waals surface area contributed by atoms with Crippen LogP contribution in [0.1, 0.15) is 60.0 Å². The molecule has 0 aliphatic carbocycles. The molecule has 1 aromatic heterocycles. The summed E-state index contributed by atoms with van der Waals surface area (Å²) in [6.45, 7) is 6.49. The largest absolute Gasteiger partial charge is 0.480 e. The van der Waals surface area contributed by atoms with Gasteiger partial charge in [0, 0.05) is 31.0 Å². The van der Waals surface area contributed by atoms with Gasteiger partial charge in [-0.05, 0) is 30.0 Å². The zero-order chi connectivity index (χ0) is 22.1. The lowest BCUT2D eigenvalue weighted by atomic mass is 10.0. The third-order valence-electron chi connectivity index (χ3n) is 4.66. The topological polar surface area (TPSA) is 112 Å². The van der Waals surface area contributed by atoms with E-state index >= 15 is 0 Å². The minimum Gasteiger partial charge on any atom is -0.480 e. The highest BCUT2D eigenvalue weighted by atomic mass is 16.4. The number of carboxylic acids is 1.